The fraction of sp³-hybridized carbons (Fsp3) is 0.640. The highest BCUT2D eigenvalue weighted by Crippen LogP contribution is 2.32. The van der Waals surface area contributed by atoms with Crippen molar-refractivity contribution in [3.8, 4) is 0 Å². The first-order chi connectivity index (χ1) is 14.8. The molecule has 0 aliphatic carbocycles. The van der Waals surface area contributed by atoms with E-state index < -0.39 is 0 Å². The summed E-state index contributed by atoms with van der Waals surface area (Å²) in [6.45, 7) is 18.5. The lowest BCUT2D eigenvalue weighted by atomic mass is 9.88. The zero-order valence-corrected chi connectivity index (χ0v) is 19.5. The fourth-order valence-corrected chi connectivity index (χ4v) is 5.26. The van der Waals surface area contributed by atoms with Crippen LogP contribution in [0.25, 0.3) is 0 Å². The van der Waals surface area contributed by atoms with Gasteiger partial charge in [-0.1, -0.05) is 32.6 Å². The number of morpholine rings is 1. The van der Waals surface area contributed by atoms with Crippen molar-refractivity contribution < 1.29 is 9.53 Å². The van der Waals surface area contributed by atoms with Crippen LogP contribution in [0.4, 0.5) is 10.5 Å². The molecule has 2 amide bonds. The summed E-state index contributed by atoms with van der Waals surface area (Å²) in [5.74, 6) is 0.721. The second-order valence-corrected chi connectivity index (χ2v) is 9.99. The largest absolute Gasteiger partial charge is 0.372 e. The molecule has 0 bridgehead atoms. The molecule has 0 unspecified atom stereocenters. The lowest BCUT2D eigenvalue weighted by molar-refractivity contribution is -0.138. The number of piperidine rings is 1. The zero-order valence-electron chi connectivity index (χ0n) is 19.5. The van der Waals surface area contributed by atoms with Crippen molar-refractivity contribution in [1.29, 1.82) is 0 Å². The number of hydrogen-bond donors (Lipinski definition) is 1. The van der Waals surface area contributed by atoms with Gasteiger partial charge in [0.2, 0.25) is 0 Å². The summed E-state index contributed by atoms with van der Waals surface area (Å²) < 4.78 is 6.34. The second kappa shape index (κ2) is 9.31. The first-order valence-electron chi connectivity index (χ1n) is 11.8. The highest BCUT2D eigenvalue weighted by Gasteiger charge is 2.39. The Morgan fingerprint density at radius 1 is 1.16 bits per heavy atom. The van der Waals surface area contributed by atoms with Crippen LogP contribution in [0.5, 0.6) is 0 Å². The normalized spacial score (nSPS) is 22.9. The van der Waals surface area contributed by atoms with Gasteiger partial charge in [-0.25, -0.2) is 4.79 Å². The molecule has 31 heavy (non-hydrogen) atoms. The molecule has 0 aromatic heterocycles. The zero-order chi connectivity index (χ0) is 22.0. The molecule has 6 nitrogen and oxygen atoms in total. The number of benzene rings is 1. The van der Waals surface area contributed by atoms with Gasteiger partial charge in [0.1, 0.15) is 0 Å². The van der Waals surface area contributed by atoms with Crippen LogP contribution < -0.4 is 10.2 Å². The number of likely N-dealkylation sites (tertiary alicyclic amines) is 1. The molecule has 3 fully saturated rings. The third kappa shape index (κ3) is 5.30. The van der Waals surface area contributed by atoms with E-state index in [1.165, 1.54) is 12.1 Å². The first kappa shape index (κ1) is 22.3. The molecule has 170 valence electrons. The minimum atomic E-state index is -0.0777. The van der Waals surface area contributed by atoms with E-state index in [-0.39, 0.29) is 11.6 Å². The van der Waals surface area contributed by atoms with Crippen LogP contribution in [0.15, 0.2) is 30.5 Å². The maximum Gasteiger partial charge on any atom is 0.326 e. The van der Waals surface area contributed by atoms with E-state index >= 15 is 0 Å². The molecule has 1 aromatic carbocycles. The van der Waals surface area contributed by atoms with Crippen molar-refractivity contribution in [1.82, 2.24) is 15.1 Å². The quantitative estimate of drug-likeness (QED) is 0.779. The molecular weight excluding hydrogens is 388 g/mol. The maximum atomic E-state index is 12.3. The van der Waals surface area contributed by atoms with Gasteiger partial charge in [-0.3, -0.25) is 9.80 Å². The molecule has 3 aliphatic heterocycles. The Kier molecular flexibility index (Phi) is 6.70. The Hall–Kier alpha value is -1.89. The average Bonchev–Trinajstić information content (AvgIpc) is 2.71. The van der Waals surface area contributed by atoms with Crippen LogP contribution in [0, 0.1) is 12.8 Å². The number of aryl methyl sites for hydroxylation is 1. The van der Waals surface area contributed by atoms with E-state index in [0.717, 1.165) is 81.5 Å². The lowest BCUT2D eigenvalue weighted by Crippen LogP contribution is -2.56. The van der Waals surface area contributed by atoms with E-state index in [1.54, 1.807) is 0 Å². The summed E-state index contributed by atoms with van der Waals surface area (Å²) in [5, 5.41) is 2.85. The number of nitrogens with zero attached hydrogens (tertiary/aromatic N) is 3. The molecule has 3 heterocycles. The summed E-state index contributed by atoms with van der Waals surface area (Å²) in [4.78, 5) is 19.3. The number of urea groups is 1. The van der Waals surface area contributed by atoms with Crippen molar-refractivity contribution in [2.75, 3.05) is 50.8 Å². The van der Waals surface area contributed by atoms with Gasteiger partial charge in [0.25, 0.3) is 0 Å². The monoisotopic (exact) mass is 426 g/mol. The van der Waals surface area contributed by atoms with Gasteiger partial charge >= 0.3 is 6.03 Å². The predicted octanol–water partition coefficient (Wildman–Crippen LogP) is 3.75. The average molecular weight is 427 g/mol. The summed E-state index contributed by atoms with van der Waals surface area (Å²) in [6, 6.07) is 6.43. The molecule has 3 aliphatic rings. The van der Waals surface area contributed by atoms with Crippen molar-refractivity contribution in [3.05, 3.63) is 41.6 Å². The molecule has 1 N–H and O–H groups in total. The Labute approximate surface area is 187 Å². The van der Waals surface area contributed by atoms with E-state index in [9.17, 15) is 4.79 Å². The van der Waals surface area contributed by atoms with Gasteiger partial charge in [0.05, 0.1) is 12.2 Å². The topological polar surface area (TPSA) is 48.1 Å². The smallest absolute Gasteiger partial charge is 0.326 e. The van der Waals surface area contributed by atoms with Gasteiger partial charge in [0, 0.05) is 63.6 Å². The van der Waals surface area contributed by atoms with Crippen LogP contribution in [0.1, 0.15) is 44.2 Å². The Morgan fingerprint density at radius 3 is 2.61 bits per heavy atom. The molecule has 4 rings (SSSR count). The Morgan fingerprint density at radius 2 is 1.94 bits per heavy atom. The molecule has 1 aromatic rings. The minimum absolute atomic E-state index is 0.0228. The molecule has 3 saturated heterocycles. The number of carbonyl (C=O) groups is 1. The highest BCUT2D eigenvalue weighted by atomic mass is 16.5. The van der Waals surface area contributed by atoms with E-state index in [4.69, 9.17) is 4.74 Å². The van der Waals surface area contributed by atoms with Crippen molar-refractivity contribution in [3.63, 3.8) is 0 Å². The Balaban J connectivity index is 1.36. The predicted molar refractivity (Wildman–Crippen MR) is 125 cm³/mol. The van der Waals surface area contributed by atoms with Crippen LogP contribution >= 0.6 is 0 Å². The molecule has 0 atom stereocenters. The van der Waals surface area contributed by atoms with Crippen molar-refractivity contribution in [2.24, 2.45) is 5.92 Å². The van der Waals surface area contributed by atoms with Crippen LogP contribution in [-0.2, 0) is 11.3 Å². The summed E-state index contributed by atoms with van der Waals surface area (Å²) in [7, 11) is 0. The molecular formula is C25H38N4O2. The van der Waals surface area contributed by atoms with Crippen LogP contribution in [0.2, 0.25) is 0 Å². The first-order valence-corrected chi connectivity index (χ1v) is 11.8. The molecule has 6 heteroatoms. The number of ether oxygens (including phenoxy) is 1. The van der Waals surface area contributed by atoms with Gasteiger partial charge in [-0.05, 0) is 42.9 Å². The molecule has 1 spiro atoms. The lowest BCUT2D eigenvalue weighted by Gasteiger charge is -2.47. The molecule has 0 radical (unpaired) electrons. The number of carbonyl (C=O) groups excluding carboxylic acids is 1. The number of rotatable bonds is 5. The molecule has 0 saturated carbocycles. The number of hydrogen-bond acceptors (Lipinski definition) is 4. The summed E-state index contributed by atoms with van der Waals surface area (Å²) in [6.07, 6.45) is 3.05. The number of anilines is 1. The maximum absolute atomic E-state index is 12.3. The van der Waals surface area contributed by atoms with E-state index in [1.807, 2.05) is 4.90 Å². The van der Waals surface area contributed by atoms with Crippen molar-refractivity contribution in [2.45, 2.75) is 52.2 Å². The third-order valence-electron chi connectivity index (χ3n) is 6.84. The van der Waals surface area contributed by atoms with E-state index in [0.29, 0.717) is 6.54 Å². The van der Waals surface area contributed by atoms with Gasteiger partial charge in [0.15, 0.2) is 0 Å². The van der Waals surface area contributed by atoms with E-state index in [2.05, 4.69) is 60.7 Å². The van der Waals surface area contributed by atoms with Crippen LogP contribution in [-0.4, -0.2) is 67.3 Å². The van der Waals surface area contributed by atoms with Crippen LogP contribution in [0.3, 0.4) is 0 Å². The number of amides is 2. The van der Waals surface area contributed by atoms with Gasteiger partial charge < -0.3 is 15.0 Å². The summed E-state index contributed by atoms with van der Waals surface area (Å²) >= 11 is 0. The number of nitrogens with one attached hydrogen (secondary N) is 1. The Bertz CT molecular complexity index is 814. The fourth-order valence-electron chi connectivity index (χ4n) is 5.26. The second-order valence-electron chi connectivity index (χ2n) is 9.99. The standard InChI is InChI=1S/C25H38N4O2/c1-19(2)16-27-11-8-25(9-12-27)18-28(13-14-31-25)17-22-5-6-23(20(3)15-22)29-10-7-21(4)26-24(29)30/h5-6,15,19H,4,7-14,16-18H2,1-3H3,(H,26,30). The van der Waals surface area contributed by atoms with Gasteiger partial charge in [-0.15, -0.1) is 0 Å². The summed E-state index contributed by atoms with van der Waals surface area (Å²) in [5.41, 5.74) is 4.26. The van der Waals surface area contributed by atoms with Crippen molar-refractivity contribution >= 4 is 11.7 Å². The minimum Gasteiger partial charge on any atom is -0.372 e. The third-order valence-corrected chi connectivity index (χ3v) is 6.84. The van der Waals surface area contributed by atoms with Gasteiger partial charge in [-0.2, -0.15) is 0 Å². The SMILES string of the molecule is C=C1CCN(c2ccc(CN3CCOC4(CCN(CC(C)C)CC4)C3)cc2C)C(=O)N1. The highest BCUT2D eigenvalue weighted by molar-refractivity contribution is 5.94.